The van der Waals surface area contributed by atoms with Crippen LogP contribution >= 0.6 is 0 Å². The summed E-state index contributed by atoms with van der Waals surface area (Å²) in [7, 11) is 0. The molecule has 38 heavy (non-hydrogen) atoms. The van der Waals surface area contributed by atoms with Gasteiger partial charge in [0.15, 0.2) is 12.4 Å². The molecule has 6 nitrogen and oxygen atoms in total. The Morgan fingerprint density at radius 2 is 1.53 bits per heavy atom. The van der Waals surface area contributed by atoms with E-state index in [9.17, 15) is 14.4 Å². The largest absolute Gasteiger partial charge is 0.457 e. The number of esters is 1. The molecule has 190 valence electrons. The Morgan fingerprint density at radius 3 is 2.26 bits per heavy atom. The van der Waals surface area contributed by atoms with Crippen LogP contribution in [0, 0.1) is 12.8 Å². The number of anilines is 1. The summed E-state index contributed by atoms with van der Waals surface area (Å²) in [4.78, 5) is 39.2. The summed E-state index contributed by atoms with van der Waals surface area (Å²) in [6.45, 7) is 1.79. The first-order valence-electron chi connectivity index (χ1n) is 12.5. The first-order chi connectivity index (χ1) is 18.5. The van der Waals surface area contributed by atoms with Gasteiger partial charge in [0.05, 0.1) is 5.92 Å². The number of benzene rings is 4. The van der Waals surface area contributed by atoms with E-state index in [1.807, 2.05) is 73.7 Å². The molecule has 1 amide bonds. The van der Waals surface area contributed by atoms with Crippen molar-refractivity contribution in [2.75, 3.05) is 18.1 Å². The minimum absolute atomic E-state index is 0.0419. The van der Waals surface area contributed by atoms with Crippen molar-refractivity contribution in [2.24, 2.45) is 5.92 Å². The Kier molecular flexibility index (Phi) is 7.31. The summed E-state index contributed by atoms with van der Waals surface area (Å²) in [5.41, 5.74) is 4.24. The number of nitrogens with zero attached hydrogens (tertiary/aromatic N) is 1. The van der Waals surface area contributed by atoms with Gasteiger partial charge in [-0.3, -0.25) is 14.4 Å². The number of carbonyl (C=O) groups is 3. The third-order valence-electron chi connectivity index (χ3n) is 6.53. The molecule has 0 aliphatic carbocycles. The molecule has 1 atom stereocenters. The van der Waals surface area contributed by atoms with Gasteiger partial charge in [0.2, 0.25) is 5.91 Å². The Morgan fingerprint density at radius 1 is 0.842 bits per heavy atom. The van der Waals surface area contributed by atoms with E-state index in [2.05, 4.69) is 0 Å². The van der Waals surface area contributed by atoms with Gasteiger partial charge in [0.25, 0.3) is 0 Å². The van der Waals surface area contributed by atoms with E-state index in [4.69, 9.17) is 9.47 Å². The average Bonchev–Trinajstić information content (AvgIpc) is 3.34. The van der Waals surface area contributed by atoms with Crippen LogP contribution in [-0.2, 0) is 14.3 Å². The van der Waals surface area contributed by atoms with Gasteiger partial charge < -0.3 is 14.4 Å². The van der Waals surface area contributed by atoms with E-state index < -0.39 is 11.9 Å². The van der Waals surface area contributed by atoms with E-state index in [1.54, 1.807) is 41.3 Å². The van der Waals surface area contributed by atoms with Crippen LogP contribution in [0.4, 0.5) is 5.69 Å². The number of Topliss-reactive ketones (excluding diaryl/α,β-unsaturated/α-hetero) is 1. The molecule has 1 aliphatic rings. The third kappa shape index (κ3) is 5.65. The minimum atomic E-state index is -0.623. The van der Waals surface area contributed by atoms with Crippen molar-refractivity contribution in [1.29, 1.82) is 0 Å². The van der Waals surface area contributed by atoms with Crippen LogP contribution in [0.5, 0.6) is 11.5 Å². The van der Waals surface area contributed by atoms with Gasteiger partial charge in [-0.1, -0.05) is 78.4 Å². The number of rotatable bonds is 8. The highest BCUT2D eigenvalue weighted by Gasteiger charge is 2.36. The third-order valence-corrected chi connectivity index (χ3v) is 6.53. The smallest absolute Gasteiger partial charge is 0.311 e. The second-order valence-electron chi connectivity index (χ2n) is 9.26. The molecule has 0 N–H and O–H groups in total. The van der Waals surface area contributed by atoms with Gasteiger partial charge in [-0.25, -0.2) is 0 Å². The topological polar surface area (TPSA) is 72.9 Å². The van der Waals surface area contributed by atoms with Crippen molar-refractivity contribution in [3.8, 4) is 22.6 Å². The average molecular weight is 506 g/mol. The summed E-state index contributed by atoms with van der Waals surface area (Å²) in [6, 6.07) is 32.1. The molecule has 0 aromatic heterocycles. The molecule has 5 rings (SSSR count). The summed E-state index contributed by atoms with van der Waals surface area (Å²) in [5, 5.41) is 0. The molecular weight excluding hydrogens is 478 g/mol. The fraction of sp³-hybridized carbons (Fsp3) is 0.156. The summed E-state index contributed by atoms with van der Waals surface area (Å²) >= 11 is 0. The van der Waals surface area contributed by atoms with E-state index in [0.29, 0.717) is 17.0 Å². The molecular formula is C32H27NO5. The van der Waals surface area contributed by atoms with Crippen molar-refractivity contribution in [3.63, 3.8) is 0 Å². The van der Waals surface area contributed by atoms with Gasteiger partial charge >= 0.3 is 5.97 Å². The van der Waals surface area contributed by atoms with Gasteiger partial charge in [0.1, 0.15) is 11.5 Å². The van der Waals surface area contributed by atoms with E-state index in [1.165, 1.54) is 0 Å². The number of ether oxygens (including phenoxy) is 2. The minimum Gasteiger partial charge on any atom is -0.457 e. The number of ketones is 1. The van der Waals surface area contributed by atoms with Crippen LogP contribution < -0.4 is 9.64 Å². The molecule has 1 fully saturated rings. The number of amides is 1. The summed E-state index contributed by atoms with van der Waals surface area (Å²) < 4.78 is 11.4. The predicted octanol–water partition coefficient (Wildman–Crippen LogP) is 6.23. The molecule has 1 aliphatic heterocycles. The molecule has 0 saturated carbocycles. The highest BCUT2D eigenvalue weighted by Crippen LogP contribution is 2.34. The van der Waals surface area contributed by atoms with Crippen LogP contribution in [0.3, 0.4) is 0 Å². The maximum Gasteiger partial charge on any atom is 0.311 e. The highest BCUT2D eigenvalue weighted by molar-refractivity contribution is 6.01. The van der Waals surface area contributed by atoms with Gasteiger partial charge in [0, 0.05) is 29.8 Å². The molecule has 0 spiro atoms. The lowest BCUT2D eigenvalue weighted by atomic mass is 10.0. The molecule has 0 bridgehead atoms. The predicted molar refractivity (Wildman–Crippen MR) is 145 cm³/mol. The van der Waals surface area contributed by atoms with Crippen molar-refractivity contribution in [1.82, 2.24) is 0 Å². The second kappa shape index (κ2) is 11.1. The molecule has 0 radical (unpaired) electrons. The van der Waals surface area contributed by atoms with Crippen molar-refractivity contribution in [3.05, 3.63) is 114 Å². The van der Waals surface area contributed by atoms with Crippen LogP contribution in [0.1, 0.15) is 22.3 Å². The quantitative estimate of drug-likeness (QED) is 0.210. The summed E-state index contributed by atoms with van der Waals surface area (Å²) in [5.74, 6) is -0.245. The molecule has 4 aromatic carbocycles. The fourth-order valence-corrected chi connectivity index (χ4v) is 4.43. The lowest BCUT2D eigenvalue weighted by molar-refractivity contribution is -0.147. The molecule has 6 heteroatoms. The summed E-state index contributed by atoms with van der Waals surface area (Å²) in [6.07, 6.45) is 0.0419. The molecule has 4 aromatic rings. The van der Waals surface area contributed by atoms with Gasteiger partial charge in [-0.05, 0) is 42.8 Å². The second-order valence-corrected chi connectivity index (χ2v) is 9.26. The van der Waals surface area contributed by atoms with E-state index in [-0.39, 0.29) is 31.3 Å². The Balaban J connectivity index is 1.20. The van der Waals surface area contributed by atoms with Crippen LogP contribution in [0.25, 0.3) is 11.1 Å². The zero-order valence-electron chi connectivity index (χ0n) is 21.0. The number of hydrogen-bond acceptors (Lipinski definition) is 5. The normalized spacial score (nSPS) is 14.8. The number of carbonyl (C=O) groups excluding carboxylic acids is 3. The first kappa shape index (κ1) is 25.0. The fourth-order valence-electron chi connectivity index (χ4n) is 4.43. The Bertz CT molecular complexity index is 1450. The SMILES string of the molecule is Cc1ccc(C(=O)COC(=O)[C@@H]2CC(=O)N(c3ccc(Oc4ccccc4-c4ccccc4)cc3)C2)cc1. The maximum absolute atomic E-state index is 12.7. The zero-order valence-corrected chi connectivity index (χ0v) is 21.0. The molecule has 1 heterocycles. The van der Waals surface area contributed by atoms with Gasteiger partial charge in [-0.15, -0.1) is 0 Å². The van der Waals surface area contributed by atoms with Crippen molar-refractivity contribution in [2.45, 2.75) is 13.3 Å². The first-order valence-corrected chi connectivity index (χ1v) is 12.5. The van der Waals surface area contributed by atoms with Crippen LogP contribution in [0.2, 0.25) is 0 Å². The van der Waals surface area contributed by atoms with Gasteiger partial charge in [-0.2, -0.15) is 0 Å². The molecule has 1 saturated heterocycles. The monoisotopic (exact) mass is 505 g/mol. The Labute approximate surface area is 221 Å². The van der Waals surface area contributed by atoms with E-state index in [0.717, 1.165) is 22.4 Å². The lowest BCUT2D eigenvalue weighted by Crippen LogP contribution is -2.27. The maximum atomic E-state index is 12.7. The van der Waals surface area contributed by atoms with Crippen molar-refractivity contribution < 1.29 is 23.9 Å². The number of hydrogen-bond donors (Lipinski definition) is 0. The molecule has 0 unspecified atom stereocenters. The van der Waals surface area contributed by atoms with Crippen LogP contribution in [-0.4, -0.2) is 30.8 Å². The number of para-hydroxylation sites is 1. The zero-order chi connectivity index (χ0) is 26.5. The van der Waals surface area contributed by atoms with Crippen LogP contribution in [0.15, 0.2) is 103 Å². The highest BCUT2D eigenvalue weighted by atomic mass is 16.5. The Hall–Kier alpha value is -4.71. The van der Waals surface area contributed by atoms with E-state index >= 15 is 0 Å². The number of aryl methyl sites for hydroxylation is 1. The standard InChI is InChI=1S/C32H27NO5/c1-22-11-13-24(14-12-22)29(34)21-37-32(36)25-19-31(35)33(20-25)26-15-17-27(18-16-26)38-30-10-6-5-9-28(30)23-7-3-2-4-8-23/h2-18,25H,19-21H2,1H3/t25-/m1/s1. The van der Waals surface area contributed by atoms with Crippen molar-refractivity contribution >= 4 is 23.3 Å². The lowest BCUT2D eigenvalue weighted by Gasteiger charge is -2.17.